The summed E-state index contributed by atoms with van der Waals surface area (Å²) in [6, 6.07) is 9.44. The summed E-state index contributed by atoms with van der Waals surface area (Å²) in [4.78, 5) is 24.1. The lowest BCUT2D eigenvalue weighted by atomic mass is 10.0. The van der Waals surface area contributed by atoms with E-state index in [1.165, 1.54) is 28.5 Å². The van der Waals surface area contributed by atoms with Gasteiger partial charge in [-0.1, -0.05) is 18.2 Å². The smallest absolute Gasteiger partial charge is 0.303 e. The number of aliphatic carboxylic acids is 1. The largest absolute Gasteiger partial charge is 0.481 e. The van der Waals surface area contributed by atoms with Gasteiger partial charge < -0.3 is 5.11 Å². The van der Waals surface area contributed by atoms with Crippen molar-refractivity contribution in [3.8, 4) is 0 Å². The number of amides is 1. The zero-order valence-corrected chi connectivity index (χ0v) is 13.5. The van der Waals surface area contributed by atoms with Crippen molar-refractivity contribution in [3.05, 3.63) is 58.0 Å². The van der Waals surface area contributed by atoms with Crippen LogP contribution in [0.1, 0.15) is 35.7 Å². The molecule has 1 aliphatic rings. The van der Waals surface area contributed by atoms with Crippen molar-refractivity contribution < 1.29 is 19.1 Å². The minimum absolute atomic E-state index is 0.117. The van der Waals surface area contributed by atoms with Gasteiger partial charge in [-0.3, -0.25) is 9.59 Å². The SMILES string of the molecule is O=C(O)CCC(=O)N1N=C(c2cccs2)CC1c1ccc(F)cc1. The average molecular weight is 346 g/mol. The molecular weight excluding hydrogens is 331 g/mol. The molecule has 0 aliphatic carbocycles. The van der Waals surface area contributed by atoms with Crippen molar-refractivity contribution in [2.45, 2.75) is 25.3 Å². The van der Waals surface area contributed by atoms with Crippen LogP contribution in [0.5, 0.6) is 0 Å². The number of carboxylic acid groups (broad SMARTS) is 1. The average Bonchev–Trinajstić information content (AvgIpc) is 3.22. The number of carbonyl (C=O) groups excluding carboxylic acids is 1. The highest BCUT2D eigenvalue weighted by Gasteiger charge is 2.33. The van der Waals surface area contributed by atoms with Crippen LogP contribution in [0, 0.1) is 5.82 Å². The minimum atomic E-state index is -1.02. The van der Waals surface area contributed by atoms with Gasteiger partial charge in [-0.25, -0.2) is 9.40 Å². The second-order valence-corrected chi connectivity index (χ2v) is 6.38. The highest BCUT2D eigenvalue weighted by atomic mass is 32.1. The number of hydrogen-bond donors (Lipinski definition) is 1. The third kappa shape index (κ3) is 3.51. The fourth-order valence-corrected chi connectivity index (χ4v) is 3.33. The fraction of sp³-hybridized carbons (Fsp3) is 0.235. The summed E-state index contributed by atoms with van der Waals surface area (Å²) in [7, 11) is 0. The molecule has 1 aliphatic heterocycles. The Balaban J connectivity index is 1.87. The Morgan fingerprint density at radius 2 is 2.00 bits per heavy atom. The number of thiophene rings is 1. The maximum absolute atomic E-state index is 13.2. The normalized spacial score (nSPS) is 17.0. The van der Waals surface area contributed by atoms with Gasteiger partial charge in [0.2, 0.25) is 5.91 Å². The molecule has 0 saturated heterocycles. The molecule has 2 aromatic rings. The minimum Gasteiger partial charge on any atom is -0.481 e. The molecule has 1 atom stereocenters. The van der Waals surface area contributed by atoms with E-state index in [9.17, 15) is 14.0 Å². The Morgan fingerprint density at radius 1 is 1.25 bits per heavy atom. The lowest BCUT2D eigenvalue weighted by molar-refractivity contribution is -0.141. The van der Waals surface area contributed by atoms with E-state index in [0.29, 0.717) is 6.42 Å². The lowest BCUT2D eigenvalue weighted by Crippen LogP contribution is -2.27. The Morgan fingerprint density at radius 3 is 2.62 bits per heavy atom. The first-order chi connectivity index (χ1) is 11.5. The fourth-order valence-electron chi connectivity index (χ4n) is 2.60. The summed E-state index contributed by atoms with van der Waals surface area (Å²) in [6.45, 7) is 0. The van der Waals surface area contributed by atoms with Crippen LogP contribution in [0.25, 0.3) is 0 Å². The number of carboxylic acids is 1. The van der Waals surface area contributed by atoms with Crippen LogP contribution in [-0.4, -0.2) is 27.7 Å². The Labute approximate surface area is 142 Å². The molecule has 1 aromatic heterocycles. The molecule has 2 heterocycles. The van der Waals surface area contributed by atoms with Gasteiger partial charge in [-0.15, -0.1) is 11.3 Å². The first-order valence-corrected chi connectivity index (χ1v) is 8.33. The highest BCUT2D eigenvalue weighted by molar-refractivity contribution is 7.12. The number of nitrogens with zero attached hydrogens (tertiary/aromatic N) is 2. The second kappa shape index (κ2) is 6.92. The van der Waals surface area contributed by atoms with E-state index >= 15 is 0 Å². The van der Waals surface area contributed by atoms with E-state index in [4.69, 9.17) is 5.11 Å². The quantitative estimate of drug-likeness (QED) is 0.902. The van der Waals surface area contributed by atoms with Crippen LogP contribution in [-0.2, 0) is 9.59 Å². The third-order valence-electron chi connectivity index (χ3n) is 3.78. The molecule has 5 nitrogen and oxygen atoms in total. The topological polar surface area (TPSA) is 70.0 Å². The van der Waals surface area contributed by atoms with E-state index in [0.717, 1.165) is 16.2 Å². The molecule has 0 spiro atoms. The van der Waals surface area contributed by atoms with Crippen molar-refractivity contribution in [2.24, 2.45) is 5.10 Å². The molecule has 0 fully saturated rings. The molecule has 0 saturated carbocycles. The molecular formula is C17H15FN2O3S. The van der Waals surface area contributed by atoms with Crippen LogP contribution in [0.4, 0.5) is 4.39 Å². The molecule has 7 heteroatoms. The number of hydrogen-bond acceptors (Lipinski definition) is 4. The van der Waals surface area contributed by atoms with Crippen LogP contribution < -0.4 is 0 Å². The Kier molecular flexibility index (Phi) is 4.71. The first kappa shape index (κ1) is 16.3. The van der Waals surface area contributed by atoms with Gasteiger partial charge >= 0.3 is 5.97 Å². The summed E-state index contributed by atoms with van der Waals surface area (Å²) in [6.07, 6.45) is 0.161. The summed E-state index contributed by atoms with van der Waals surface area (Å²) < 4.78 is 13.2. The van der Waals surface area contributed by atoms with Gasteiger partial charge in [0.05, 0.1) is 23.1 Å². The molecule has 0 radical (unpaired) electrons. The zero-order valence-electron chi connectivity index (χ0n) is 12.7. The summed E-state index contributed by atoms with van der Waals surface area (Å²) >= 11 is 1.53. The van der Waals surface area contributed by atoms with Gasteiger partial charge in [-0.2, -0.15) is 5.10 Å². The number of rotatable bonds is 5. The van der Waals surface area contributed by atoms with Crippen molar-refractivity contribution in [3.63, 3.8) is 0 Å². The van der Waals surface area contributed by atoms with E-state index in [1.807, 2.05) is 17.5 Å². The standard InChI is InChI=1S/C17H15FN2O3S/c18-12-5-3-11(4-6-12)14-10-13(15-2-1-9-24-15)19-20(14)16(21)7-8-17(22)23/h1-6,9,14H,7-8,10H2,(H,22,23). The van der Waals surface area contributed by atoms with Crippen molar-refractivity contribution >= 4 is 28.9 Å². The maximum atomic E-state index is 13.2. The number of carbonyl (C=O) groups is 2. The molecule has 1 amide bonds. The number of hydrazone groups is 1. The monoisotopic (exact) mass is 346 g/mol. The number of benzene rings is 1. The lowest BCUT2D eigenvalue weighted by Gasteiger charge is -2.21. The van der Waals surface area contributed by atoms with Gasteiger partial charge in [-0.05, 0) is 29.1 Å². The van der Waals surface area contributed by atoms with Crippen molar-refractivity contribution in [2.75, 3.05) is 0 Å². The summed E-state index contributed by atoms with van der Waals surface area (Å²) in [5.74, 6) is -1.72. The van der Waals surface area contributed by atoms with E-state index in [1.54, 1.807) is 12.1 Å². The molecule has 1 N–H and O–H groups in total. The Hall–Kier alpha value is -2.54. The predicted octanol–water partition coefficient (Wildman–Crippen LogP) is 3.43. The van der Waals surface area contributed by atoms with E-state index in [-0.39, 0.29) is 30.6 Å². The predicted molar refractivity (Wildman–Crippen MR) is 88.3 cm³/mol. The van der Waals surface area contributed by atoms with Crippen molar-refractivity contribution in [1.29, 1.82) is 0 Å². The molecule has 1 unspecified atom stereocenters. The second-order valence-electron chi connectivity index (χ2n) is 5.43. The molecule has 1 aromatic carbocycles. The van der Waals surface area contributed by atoms with Gasteiger partial charge in [0.1, 0.15) is 5.82 Å². The molecule has 0 bridgehead atoms. The van der Waals surface area contributed by atoms with Crippen LogP contribution >= 0.6 is 11.3 Å². The van der Waals surface area contributed by atoms with Gasteiger partial charge in [0.15, 0.2) is 0 Å². The van der Waals surface area contributed by atoms with E-state index < -0.39 is 5.97 Å². The first-order valence-electron chi connectivity index (χ1n) is 7.45. The molecule has 24 heavy (non-hydrogen) atoms. The Bertz CT molecular complexity index is 772. The summed E-state index contributed by atoms with van der Waals surface area (Å²) in [5.41, 5.74) is 1.55. The molecule has 124 valence electrons. The summed E-state index contributed by atoms with van der Waals surface area (Å²) in [5, 5.41) is 16.5. The maximum Gasteiger partial charge on any atom is 0.303 e. The van der Waals surface area contributed by atoms with Crippen molar-refractivity contribution in [1.82, 2.24) is 5.01 Å². The van der Waals surface area contributed by atoms with Gasteiger partial charge in [0, 0.05) is 12.8 Å². The molecule has 3 rings (SSSR count). The van der Waals surface area contributed by atoms with E-state index in [2.05, 4.69) is 5.10 Å². The highest BCUT2D eigenvalue weighted by Crippen LogP contribution is 2.34. The van der Waals surface area contributed by atoms with Crippen LogP contribution in [0.15, 0.2) is 46.9 Å². The number of halogens is 1. The van der Waals surface area contributed by atoms with Gasteiger partial charge in [0.25, 0.3) is 0 Å². The third-order valence-corrected chi connectivity index (χ3v) is 4.70. The van der Waals surface area contributed by atoms with Crippen LogP contribution in [0.2, 0.25) is 0 Å². The zero-order chi connectivity index (χ0) is 17.1. The van der Waals surface area contributed by atoms with Crippen LogP contribution in [0.3, 0.4) is 0 Å².